The summed E-state index contributed by atoms with van der Waals surface area (Å²) in [4.78, 5) is 15.6. The molecule has 1 saturated carbocycles. The van der Waals surface area contributed by atoms with Crippen molar-refractivity contribution in [2.24, 2.45) is 11.8 Å². The highest BCUT2D eigenvalue weighted by atomic mass is 16.1. The maximum absolute atomic E-state index is 11.6. The van der Waals surface area contributed by atoms with E-state index >= 15 is 0 Å². The topological polar surface area (TPSA) is 54.0 Å². The smallest absolute Gasteiger partial charge is 0.269 e. The number of pyridine rings is 1. The number of carbonyl (C=O) groups excluding carboxylic acids is 1. The Bertz CT molecular complexity index is 447. The van der Waals surface area contributed by atoms with Gasteiger partial charge in [-0.2, -0.15) is 0 Å². The second-order valence-corrected chi connectivity index (χ2v) is 5.66. The van der Waals surface area contributed by atoms with Crippen LogP contribution in [0.25, 0.3) is 0 Å². The van der Waals surface area contributed by atoms with Gasteiger partial charge in [0.05, 0.1) is 0 Å². The molecule has 3 atom stereocenters. The van der Waals surface area contributed by atoms with Gasteiger partial charge in [0.25, 0.3) is 5.91 Å². The molecule has 1 aromatic heterocycles. The van der Waals surface area contributed by atoms with Crippen LogP contribution in [0.15, 0.2) is 18.3 Å². The number of aromatic nitrogens is 1. The number of anilines is 1. The van der Waals surface area contributed by atoms with Crippen LogP contribution in [0.1, 0.15) is 43.6 Å². The van der Waals surface area contributed by atoms with Gasteiger partial charge >= 0.3 is 0 Å². The Balaban J connectivity index is 2.04. The first-order valence-corrected chi connectivity index (χ1v) is 7.04. The van der Waals surface area contributed by atoms with E-state index in [0.717, 1.165) is 11.6 Å². The van der Waals surface area contributed by atoms with Crippen molar-refractivity contribution in [3.05, 3.63) is 24.0 Å². The van der Waals surface area contributed by atoms with Gasteiger partial charge in [-0.1, -0.05) is 13.8 Å². The van der Waals surface area contributed by atoms with Crippen molar-refractivity contribution in [1.82, 2.24) is 10.3 Å². The molecular formula is C15H23N3O. The molecule has 19 heavy (non-hydrogen) atoms. The highest BCUT2D eigenvalue weighted by Crippen LogP contribution is 2.30. The van der Waals surface area contributed by atoms with Crippen LogP contribution < -0.4 is 10.6 Å². The molecule has 4 heteroatoms. The molecule has 0 aromatic carbocycles. The minimum Gasteiger partial charge on any atom is -0.382 e. The third kappa shape index (κ3) is 3.46. The average molecular weight is 261 g/mol. The summed E-state index contributed by atoms with van der Waals surface area (Å²) in [5.74, 6) is 1.35. The Labute approximate surface area is 115 Å². The predicted octanol–water partition coefficient (Wildman–Crippen LogP) is 2.68. The molecule has 1 aliphatic rings. The van der Waals surface area contributed by atoms with Gasteiger partial charge in [0.1, 0.15) is 5.69 Å². The number of nitrogens with one attached hydrogen (secondary N) is 2. The van der Waals surface area contributed by atoms with Crippen molar-refractivity contribution >= 4 is 11.6 Å². The van der Waals surface area contributed by atoms with Crippen LogP contribution in [0.4, 0.5) is 5.69 Å². The Kier molecular flexibility index (Phi) is 4.40. The number of nitrogens with zero attached hydrogens (tertiary/aromatic N) is 1. The van der Waals surface area contributed by atoms with Crippen LogP contribution in [-0.4, -0.2) is 24.0 Å². The third-order valence-electron chi connectivity index (χ3n) is 4.00. The molecule has 0 bridgehead atoms. The standard InChI is InChI=1S/C15H23N3O/c1-10-4-5-13(11(2)8-10)18-12-6-7-17-14(9-12)15(19)16-3/h6-7,9-11,13H,4-5,8H2,1-3H3,(H,16,19)(H,17,18). The lowest BCUT2D eigenvalue weighted by Crippen LogP contribution is -2.33. The molecule has 1 aliphatic carbocycles. The Morgan fingerprint density at radius 2 is 2.16 bits per heavy atom. The maximum atomic E-state index is 11.6. The summed E-state index contributed by atoms with van der Waals surface area (Å²) < 4.78 is 0. The van der Waals surface area contributed by atoms with Crippen LogP contribution in [0.2, 0.25) is 0 Å². The summed E-state index contributed by atoms with van der Waals surface area (Å²) in [6, 6.07) is 4.25. The van der Waals surface area contributed by atoms with Crippen LogP contribution >= 0.6 is 0 Å². The van der Waals surface area contributed by atoms with Crippen molar-refractivity contribution in [2.45, 2.75) is 39.2 Å². The van der Waals surface area contributed by atoms with E-state index < -0.39 is 0 Å². The molecule has 2 N–H and O–H groups in total. The Morgan fingerprint density at radius 1 is 1.37 bits per heavy atom. The molecule has 0 aliphatic heterocycles. The minimum atomic E-state index is -0.144. The molecule has 0 saturated heterocycles. The molecule has 1 amide bonds. The van der Waals surface area contributed by atoms with Gasteiger partial charge in [-0.25, -0.2) is 0 Å². The van der Waals surface area contributed by atoms with Crippen molar-refractivity contribution in [2.75, 3.05) is 12.4 Å². The van der Waals surface area contributed by atoms with Gasteiger partial charge in [-0.05, 0) is 43.2 Å². The highest BCUT2D eigenvalue weighted by molar-refractivity contribution is 5.92. The first-order valence-electron chi connectivity index (χ1n) is 7.04. The minimum absolute atomic E-state index is 0.144. The Hall–Kier alpha value is -1.58. The zero-order valence-electron chi connectivity index (χ0n) is 11.9. The van der Waals surface area contributed by atoms with Crippen LogP contribution in [0.5, 0.6) is 0 Å². The normalized spacial score (nSPS) is 26.8. The van der Waals surface area contributed by atoms with Gasteiger partial charge in [0, 0.05) is 25.0 Å². The zero-order chi connectivity index (χ0) is 13.8. The molecule has 1 fully saturated rings. The summed E-state index contributed by atoms with van der Waals surface area (Å²) in [6.45, 7) is 4.62. The largest absolute Gasteiger partial charge is 0.382 e. The second-order valence-electron chi connectivity index (χ2n) is 5.66. The summed E-state index contributed by atoms with van der Waals surface area (Å²) >= 11 is 0. The molecule has 0 radical (unpaired) electrons. The fourth-order valence-electron chi connectivity index (χ4n) is 2.87. The molecule has 104 valence electrons. The van der Waals surface area contributed by atoms with E-state index in [2.05, 4.69) is 29.5 Å². The van der Waals surface area contributed by atoms with E-state index in [4.69, 9.17) is 0 Å². The maximum Gasteiger partial charge on any atom is 0.269 e. The number of rotatable bonds is 3. The molecule has 0 spiro atoms. The highest BCUT2D eigenvalue weighted by Gasteiger charge is 2.25. The van der Waals surface area contributed by atoms with Crippen molar-refractivity contribution in [3.8, 4) is 0 Å². The lowest BCUT2D eigenvalue weighted by atomic mass is 9.80. The van der Waals surface area contributed by atoms with E-state index in [1.54, 1.807) is 13.2 Å². The lowest BCUT2D eigenvalue weighted by molar-refractivity contribution is 0.0958. The van der Waals surface area contributed by atoms with Crippen molar-refractivity contribution in [1.29, 1.82) is 0 Å². The molecule has 1 aromatic rings. The van der Waals surface area contributed by atoms with E-state index in [-0.39, 0.29) is 5.91 Å². The first kappa shape index (κ1) is 13.8. The molecular weight excluding hydrogens is 238 g/mol. The first-order chi connectivity index (χ1) is 9.10. The number of amides is 1. The van der Waals surface area contributed by atoms with Gasteiger partial charge in [-0.3, -0.25) is 9.78 Å². The molecule has 1 heterocycles. The van der Waals surface area contributed by atoms with Crippen molar-refractivity contribution < 1.29 is 4.79 Å². The summed E-state index contributed by atoms with van der Waals surface area (Å²) in [6.07, 6.45) is 5.42. The Morgan fingerprint density at radius 3 is 2.84 bits per heavy atom. The van der Waals surface area contributed by atoms with Crippen LogP contribution in [0.3, 0.4) is 0 Å². The van der Waals surface area contributed by atoms with Crippen LogP contribution in [-0.2, 0) is 0 Å². The predicted molar refractivity (Wildman–Crippen MR) is 77.2 cm³/mol. The van der Waals surface area contributed by atoms with E-state index in [1.165, 1.54) is 19.3 Å². The summed E-state index contributed by atoms with van der Waals surface area (Å²) in [7, 11) is 1.62. The number of hydrogen-bond donors (Lipinski definition) is 2. The van der Waals surface area contributed by atoms with Gasteiger partial charge in [-0.15, -0.1) is 0 Å². The number of hydrogen-bond acceptors (Lipinski definition) is 3. The molecule has 2 rings (SSSR count). The zero-order valence-corrected chi connectivity index (χ0v) is 11.9. The fraction of sp³-hybridized carbons (Fsp3) is 0.600. The SMILES string of the molecule is CNC(=O)c1cc(NC2CCC(C)CC2C)ccn1. The quantitative estimate of drug-likeness (QED) is 0.879. The van der Waals surface area contributed by atoms with Gasteiger partial charge in [0.2, 0.25) is 0 Å². The van der Waals surface area contributed by atoms with Gasteiger partial charge < -0.3 is 10.6 Å². The summed E-state index contributed by atoms with van der Waals surface area (Å²) in [5, 5.41) is 6.15. The van der Waals surface area contributed by atoms with Crippen LogP contribution in [0, 0.1) is 11.8 Å². The number of carbonyl (C=O) groups is 1. The second kappa shape index (κ2) is 6.04. The fourth-order valence-corrected chi connectivity index (χ4v) is 2.87. The summed E-state index contributed by atoms with van der Waals surface area (Å²) in [5.41, 5.74) is 1.45. The lowest BCUT2D eigenvalue weighted by Gasteiger charge is -2.33. The van der Waals surface area contributed by atoms with E-state index in [0.29, 0.717) is 17.7 Å². The third-order valence-corrected chi connectivity index (χ3v) is 4.00. The monoisotopic (exact) mass is 261 g/mol. The van der Waals surface area contributed by atoms with E-state index in [9.17, 15) is 4.79 Å². The molecule has 4 nitrogen and oxygen atoms in total. The van der Waals surface area contributed by atoms with Gasteiger partial charge in [0.15, 0.2) is 0 Å². The molecule has 3 unspecified atom stereocenters. The average Bonchev–Trinajstić information content (AvgIpc) is 2.41. The van der Waals surface area contributed by atoms with E-state index in [1.807, 2.05) is 12.1 Å². The van der Waals surface area contributed by atoms with Crippen molar-refractivity contribution in [3.63, 3.8) is 0 Å².